The minimum atomic E-state index is -0.631. The minimum absolute atomic E-state index is 0.0104. The van der Waals surface area contributed by atoms with Crippen LogP contribution in [0, 0.1) is 18.6 Å². The van der Waals surface area contributed by atoms with Crippen molar-refractivity contribution >= 4 is 15.9 Å². The number of rotatable bonds is 4. The van der Waals surface area contributed by atoms with Gasteiger partial charge in [-0.3, -0.25) is 0 Å². The zero-order valence-corrected chi connectivity index (χ0v) is 13.6. The molecule has 2 rings (SSSR count). The first-order valence-corrected chi connectivity index (χ1v) is 7.23. The molecule has 21 heavy (non-hydrogen) atoms. The first kappa shape index (κ1) is 15.9. The van der Waals surface area contributed by atoms with Gasteiger partial charge < -0.3 is 10.1 Å². The van der Waals surface area contributed by atoms with Gasteiger partial charge in [-0.05, 0) is 37.2 Å². The van der Waals surface area contributed by atoms with Crippen molar-refractivity contribution in [2.24, 2.45) is 0 Å². The second-order valence-electron chi connectivity index (χ2n) is 4.73. The fourth-order valence-corrected chi connectivity index (χ4v) is 2.85. The molecule has 5 heteroatoms. The number of halogens is 3. The molecule has 2 aromatic rings. The lowest BCUT2D eigenvalue weighted by Crippen LogP contribution is -2.21. The molecule has 0 spiro atoms. The van der Waals surface area contributed by atoms with Crippen molar-refractivity contribution in [3.8, 4) is 5.75 Å². The molecule has 0 aliphatic carbocycles. The average molecular weight is 356 g/mol. The van der Waals surface area contributed by atoms with Gasteiger partial charge in [-0.1, -0.05) is 22.0 Å². The van der Waals surface area contributed by atoms with Gasteiger partial charge in [-0.15, -0.1) is 0 Å². The predicted molar refractivity (Wildman–Crippen MR) is 82.7 cm³/mol. The molecule has 0 heterocycles. The smallest absolute Gasteiger partial charge is 0.134 e. The number of benzene rings is 2. The summed E-state index contributed by atoms with van der Waals surface area (Å²) in [7, 11) is 3.05. The molecular formula is C16H16BrF2NO. The molecular weight excluding hydrogens is 340 g/mol. The molecule has 0 aliphatic heterocycles. The van der Waals surface area contributed by atoms with Crippen LogP contribution < -0.4 is 10.1 Å². The van der Waals surface area contributed by atoms with E-state index in [1.165, 1.54) is 19.2 Å². The summed E-state index contributed by atoms with van der Waals surface area (Å²) in [4.78, 5) is 0. The quantitative estimate of drug-likeness (QED) is 0.879. The van der Waals surface area contributed by atoms with E-state index in [1.807, 2.05) is 25.1 Å². The zero-order valence-electron chi connectivity index (χ0n) is 12.0. The predicted octanol–water partition coefficient (Wildman–Crippen LogP) is 4.35. The standard InChI is InChI=1S/C16H16BrF2NO/c1-9-6-10(17)4-5-12(9)16(20-2)15-13(18)7-11(21-3)8-14(15)19/h4-8,16,20H,1-3H3. The van der Waals surface area contributed by atoms with Gasteiger partial charge >= 0.3 is 0 Å². The van der Waals surface area contributed by atoms with Crippen molar-refractivity contribution in [3.63, 3.8) is 0 Å². The largest absolute Gasteiger partial charge is 0.497 e. The van der Waals surface area contributed by atoms with E-state index in [9.17, 15) is 8.78 Å². The maximum Gasteiger partial charge on any atom is 0.134 e. The molecule has 0 aromatic heterocycles. The van der Waals surface area contributed by atoms with Gasteiger partial charge in [-0.2, -0.15) is 0 Å². The number of aryl methyl sites for hydroxylation is 1. The van der Waals surface area contributed by atoms with Crippen LogP contribution in [-0.2, 0) is 0 Å². The van der Waals surface area contributed by atoms with Gasteiger partial charge in [0.15, 0.2) is 0 Å². The van der Waals surface area contributed by atoms with Gasteiger partial charge in [0, 0.05) is 22.2 Å². The molecule has 0 saturated heterocycles. The van der Waals surface area contributed by atoms with E-state index >= 15 is 0 Å². The van der Waals surface area contributed by atoms with Crippen molar-refractivity contribution in [1.29, 1.82) is 0 Å². The highest BCUT2D eigenvalue weighted by molar-refractivity contribution is 9.10. The third-order valence-corrected chi connectivity index (χ3v) is 3.90. The third kappa shape index (κ3) is 3.24. The number of nitrogens with one attached hydrogen (secondary N) is 1. The molecule has 1 N–H and O–H groups in total. The Kier molecular flexibility index (Phi) is 4.96. The summed E-state index contributed by atoms with van der Waals surface area (Å²) in [6.45, 7) is 1.91. The van der Waals surface area contributed by atoms with Gasteiger partial charge in [0.1, 0.15) is 17.4 Å². The maximum absolute atomic E-state index is 14.3. The highest BCUT2D eigenvalue weighted by atomic mass is 79.9. The summed E-state index contributed by atoms with van der Waals surface area (Å²) in [5.74, 6) is -1.10. The van der Waals surface area contributed by atoms with Crippen LogP contribution in [0.3, 0.4) is 0 Å². The van der Waals surface area contributed by atoms with Crippen LogP contribution in [-0.4, -0.2) is 14.2 Å². The van der Waals surface area contributed by atoms with Crippen LogP contribution in [0.5, 0.6) is 5.75 Å². The van der Waals surface area contributed by atoms with Crippen molar-refractivity contribution in [2.75, 3.05) is 14.2 Å². The Labute approximate surface area is 131 Å². The van der Waals surface area contributed by atoms with Crippen LogP contribution in [0.2, 0.25) is 0 Å². The lowest BCUT2D eigenvalue weighted by Gasteiger charge is -2.21. The summed E-state index contributed by atoms with van der Waals surface area (Å²) in [6.07, 6.45) is 0. The van der Waals surface area contributed by atoms with Crippen LogP contribution in [0.15, 0.2) is 34.8 Å². The van der Waals surface area contributed by atoms with E-state index in [1.54, 1.807) is 7.05 Å². The van der Waals surface area contributed by atoms with Crippen molar-refractivity contribution in [1.82, 2.24) is 5.32 Å². The van der Waals surface area contributed by atoms with Crippen molar-refractivity contribution in [3.05, 3.63) is 63.1 Å². The number of ether oxygens (including phenoxy) is 1. The van der Waals surface area contributed by atoms with E-state index in [4.69, 9.17) is 4.74 Å². The Bertz CT molecular complexity index is 638. The number of methoxy groups -OCH3 is 1. The Morgan fingerprint density at radius 3 is 2.24 bits per heavy atom. The molecule has 0 saturated carbocycles. The van der Waals surface area contributed by atoms with E-state index in [2.05, 4.69) is 21.2 Å². The van der Waals surface area contributed by atoms with Crippen molar-refractivity contribution in [2.45, 2.75) is 13.0 Å². The van der Waals surface area contributed by atoms with Gasteiger partial charge in [-0.25, -0.2) is 8.78 Å². The molecule has 0 aliphatic rings. The lowest BCUT2D eigenvalue weighted by molar-refractivity contribution is 0.403. The Morgan fingerprint density at radius 1 is 1.14 bits per heavy atom. The normalized spacial score (nSPS) is 12.3. The second kappa shape index (κ2) is 6.54. The number of hydrogen-bond donors (Lipinski definition) is 1. The average Bonchev–Trinajstić information content (AvgIpc) is 2.43. The summed E-state index contributed by atoms with van der Waals surface area (Å²) < 4.78 is 34.3. The van der Waals surface area contributed by atoms with E-state index < -0.39 is 17.7 Å². The van der Waals surface area contributed by atoms with Gasteiger partial charge in [0.25, 0.3) is 0 Å². The lowest BCUT2D eigenvalue weighted by atomic mass is 9.94. The summed E-state index contributed by atoms with van der Waals surface area (Å²) in [5, 5.41) is 2.98. The van der Waals surface area contributed by atoms with Gasteiger partial charge in [0.05, 0.1) is 13.2 Å². The van der Waals surface area contributed by atoms with Crippen LogP contribution >= 0.6 is 15.9 Å². The Balaban J connectivity index is 2.56. The number of hydrogen-bond acceptors (Lipinski definition) is 2. The highest BCUT2D eigenvalue weighted by Crippen LogP contribution is 2.32. The van der Waals surface area contributed by atoms with E-state index in [-0.39, 0.29) is 11.3 Å². The van der Waals surface area contributed by atoms with E-state index in [0.717, 1.165) is 15.6 Å². The maximum atomic E-state index is 14.3. The first-order chi connectivity index (χ1) is 9.97. The second-order valence-corrected chi connectivity index (χ2v) is 5.64. The zero-order chi connectivity index (χ0) is 15.6. The molecule has 1 unspecified atom stereocenters. The van der Waals surface area contributed by atoms with E-state index in [0.29, 0.717) is 0 Å². The van der Waals surface area contributed by atoms with Gasteiger partial charge in [0.2, 0.25) is 0 Å². The molecule has 1 atom stereocenters. The minimum Gasteiger partial charge on any atom is -0.497 e. The highest BCUT2D eigenvalue weighted by Gasteiger charge is 2.23. The Morgan fingerprint density at radius 2 is 1.76 bits per heavy atom. The SMILES string of the molecule is CNC(c1ccc(Br)cc1C)c1c(F)cc(OC)cc1F. The monoisotopic (exact) mass is 355 g/mol. The van der Waals surface area contributed by atoms with Crippen LogP contribution in [0.1, 0.15) is 22.7 Å². The summed E-state index contributed by atoms with van der Waals surface area (Å²) in [6, 6.07) is 7.44. The van der Waals surface area contributed by atoms with Crippen LogP contribution in [0.25, 0.3) is 0 Å². The molecule has 0 radical (unpaired) electrons. The first-order valence-electron chi connectivity index (χ1n) is 6.44. The summed E-state index contributed by atoms with van der Waals surface area (Å²) in [5.41, 5.74) is 1.76. The Hall–Kier alpha value is -1.46. The molecule has 112 valence electrons. The summed E-state index contributed by atoms with van der Waals surface area (Å²) >= 11 is 3.39. The molecule has 2 aromatic carbocycles. The van der Waals surface area contributed by atoms with Crippen molar-refractivity contribution < 1.29 is 13.5 Å². The molecule has 0 amide bonds. The topological polar surface area (TPSA) is 21.3 Å². The molecule has 2 nitrogen and oxygen atoms in total. The third-order valence-electron chi connectivity index (χ3n) is 3.41. The molecule has 0 bridgehead atoms. The fraction of sp³-hybridized carbons (Fsp3) is 0.250. The molecule has 0 fully saturated rings. The fourth-order valence-electron chi connectivity index (χ4n) is 2.37. The van der Waals surface area contributed by atoms with Crippen LogP contribution in [0.4, 0.5) is 8.78 Å².